The number of aliphatic hydroxyl groups excluding tert-OH is 1. The lowest BCUT2D eigenvalue weighted by atomic mass is 10.2. The fraction of sp³-hybridized carbons (Fsp3) is 0.455. The zero-order chi connectivity index (χ0) is 11.3. The third-order valence-corrected chi connectivity index (χ3v) is 2.46. The van der Waals surface area contributed by atoms with Gasteiger partial charge in [0.15, 0.2) is 0 Å². The zero-order valence-corrected chi connectivity index (χ0v) is 9.39. The van der Waals surface area contributed by atoms with Gasteiger partial charge >= 0.3 is 0 Å². The van der Waals surface area contributed by atoms with Crippen LogP contribution in [0.2, 0.25) is 5.02 Å². The number of benzene rings is 1. The molecule has 0 radical (unpaired) electrons. The maximum atomic E-state index is 13.3. The molecule has 0 bridgehead atoms. The van der Waals surface area contributed by atoms with Gasteiger partial charge in [-0.3, -0.25) is 0 Å². The van der Waals surface area contributed by atoms with Gasteiger partial charge in [-0.2, -0.15) is 0 Å². The van der Waals surface area contributed by atoms with Crippen LogP contribution >= 0.6 is 11.6 Å². The van der Waals surface area contributed by atoms with Crippen LogP contribution in [-0.4, -0.2) is 17.8 Å². The fourth-order valence-electron chi connectivity index (χ4n) is 1.23. The van der Waals surface area contributed by atoms with Gasteiger partial charge in [0.05, 0.1) is 6.10 Å². The van der Waals surface area contributed by atoms with E-state index in [0.29, 0.717) is 30.1 Å². The summed E-state index contributed by atoms with van der Waals surface area (Å²) in [4.78, 5) is 0. The van der Waals surface area contributed by atoms with Gasteiger partial charge in [0.2, 0.25) is 0 Å². The Balaban J connectivity index is 2.43. The molecule has 15 heavy (non-hydrogen) atoms. The molecule has 0 spiro atoms. The van der Waals surface area contributed by atoms with E-state index in [2.05, 4.69) is 5.32 Å². The Bertz CT molecular complexity index is 297. The van der Waals surface area contributed by atoms with Gasteiger partial charge in [-0.05, 0) is 32.0 Å². The number of aliphatic hydroxyl groups is 1. The van der Waals surface area contributed by atoms with Crippen molar-refractivity contribution in [3.8, 4) is 0 Å². The topological polar surface area (TPSA) is 32.3 Å². The predicted octanol–water partition coefficient (Wildman–Crippen LogP) is 2.34. The number of rotatable bonds is 5. The predicted molar refractivity (Wildman–Crippen MR) is 59.4 cm³/mol. The minimum Gasteiger partial charge on any atom is -0.393 e. The molecule has 2 nitrogen and oxygen atoms in total. The molecule has 0 saturated carbocycles. The van der Waals surface area contributed by atoms with Crippen molar-refractivity contribution < 1.29 is 9.50 Å². The summed E-state index contributed by atoms with van der Waals surface area (Å²) < 4.78 is 13.3. The first-order valence-corrected chi connectivity index (χ1v) is 5.30. The summed E-state index contributed by atoms with van der Waals surface area (Å²) in [5.41, 5.74) is 0.477. The van der Waals surface area contributed by atoms with Crippen LogP contribution in [0.25, 0.3) is 0 Å². The second-order valence-corrected chi connectivity index (χ2v) is 3.92. The summed E-state index contributed by atoms with van der Waals surface area (Å²) in [6.07, 6.45) is 0.306. The largest absolute Gasteiger partial charge is 0.393 e. The molecule has 1 rings (SSSR count). The average Bonchev–Trinajstić information content (AvgIpc) is 2.15. The van der Waals surface area contributed by atoms with E-state index in [9.17, 15) is 4.39 Å². The Labute approximate surface area is 94.1 Å². The number of hydrogen-bond donors (Lipinski definition) is 2. The molecule has 0 aliphatic carbocycles. The van der Waals surface area contributed by atoms with Crippen molar-refractivity contribution in [2.75, 3.05) is 6.54 Å². The van der Waals surface area contributed by atoms with E-state index in [1.807, 2.05) is 0 Å². The quantitative estimate of drug-likeness (QED) is 0.763. The van der Waals surface area contributed by atoms with Gasteiger partial charge in [0, 0.05) is 17.1 Å². The summed E-state index contributed by atoms with van der Waals surface area (Å²) in [5, 5.41) is 12.5. The molecule has 0 aromatic heterocycles. The molecule has 0 saturated heterocycles. The van der Waals surface area contributed by atoms with Crippen LogP contribution in [0, 0.1) is 5.82 Å². The normalized spacial score (nSPS) is 12.8. The van der Waals surface area contributed by atoms with E-state index < -0.39 is 0 Å². The van der Waals surface area contributed by atoms with E-state index in [1.54, 1.807) is 19.1 Å². The number of hydrogen-bond acceptors (Lipinski definition) is 2. The second-order valence-electron chi connectivity index (χ2n) is 3.51. The molecule has 4 heteroatoms. The highest BCUT2D eigenvalue weighted by molar-refractivity contribution is 6.31. The van der Waals surface area contributed by atoms with Crippen molar-refractivity contribution in [2.45, 2.75) is 26.0 Å². The van der Waals surface area contributed by atoms with E-state index in [1.165, 1.54) is 6.07 Å². The summed E-state index contributed by atoms with van der Waals surface area (Å²) in [6.45, 7) is 2.75. The van der Waals surface area contributed by atoms with Gasteiger partial charge in [0.1, 0.15) is 5.82 Å². The minimum atomic E-state index is -0.339. The van der Waals surface area contributed by atoms with Gasteiger partial charge in [0.25, 0.3) is 0 Å². The zero-order valence-electron chi connectivity index (χ0n) is 8.63. The molecule has 0 amide bonds. The van der Waals surface area contributed by atoms with Crippen molar-refractivity contribution >= 4 is 11.6 Å². The average molecular weight is 232 g/mol. The molecule has 84 valence electrons. The van der Waals surface area contributed by atoms with E-state index >= 15 is 0 Å². The Kier molecular flexibility index (Phi) is 5.02. The molecule has 1 aromatic rings. The maximum absolute atomic E-state index is 13.3. The van der Waals surface area contributed by atoms with Gasteiger partial charge in [-0.1, -0.05) is 17.7 Å². The van der Waals surface area contributed by atoms with E-state index in [0.717, 1.165) is 0 Å². The minimum absolute atomic E-state index is 0.299. The molecular formula is C11H15ClFNO. The molecule has 0 aliphatic heterocycles. The standard InChI is InChI=1S/C11H15ClFNO/c1-8(15)5-6-14-7-9-10(12)3-2-4-11(9)13/h2-4,8,14-15H,5-7H2,1H3. The Morgan fingerprint density at radius 1 is 1.53 bits per heavy atom. The molecule has 0 heterocycles. The molecular weight excluding hydrogens is 217 g/mol. The maximum Gasteiger partial charge on any atom is 0.129 e. The molecule has 0 aliphatic rings. The SMILES string of the molecule is CC(O)CCNCc1c(F)cccc1Cl. The first-order chi connectivity index (χ1) is 7.11. The lowest BCUT2D eigenvalue weighted by molar-refractivity contribution is 0.183. The van der Waals surface area contributed by atoms with Crippen molar-refractivity contribution in [3.05, 3.63) is 34.6 Å². The number of nitrogens with one attached hydrogen (secondary N) is 1. The Morgan fingerprint density at radius 2 is 2.27 bits per heavy atom. The molecule has 1 aromatic carbocycles. The van der Waals surface area contributed by atoms with Crippen LogP contribution in [0.5, 0.6) is 0 Å². The van der Waals surface area contributed by atoms with Crippen LogP contribution in [0.1, 0.15) is 18.9 Å². The summed E-state index contributed by atoms with van der Waals surface area (Å²) in [5.74, 6) is -0.299. The van der Waals surface area contributed by atoms with Crippen molar-refractivity contribution in [1.29, 1.82) is 0 Å². The highest BCUT2D eigenvalue weighted by Gasteiger charge is 2.05. The van der Waals surface area contributed by atoms with Crippen LogP contribution in [0.3, 0.4) is 0 Å². The third-order valence-electron chi connectivity index (χ3n) is 2.10. The van der Waals surface area contributed by atoms with Crippen LogP contribution in [0.15, 0.2) is 18.2 Å². The van der Waals surface area contributed by atoms with Crippen LogP contribution in [0.4, 0.5) is 4.39 Å². The van der Waals surface area contributed by atoms with E-state index in [4.69, 9.17) is 16.7 Å². The first-order valence-electron chi connectivity index (χ1n) is 4.93. The highest BCUT2D eigenvalue weighted by Crippen LogP contribution is 2.18. The third kappa shape index (κ3) is 4.16. The molecule has 2 N–H and O–H groups in total. The molecule has 1 unspecified atom stereocenters. The summed E-state index contributed by atoms with van der Waals surface area (Å²) >= 11 is 5.84. The molecule has 1 atom stereocenters. The van der Waals surface area contributed by atoms with Crippen LogP contribution < -0.4 is 5.32 Å². The smallest absolute Gasteiger partial charge is 0.129 e. The van der Waals surface area contributed by atoms with Gasteiger partial charge in [-0.25, -0.2) is 4.39 Å². The van der Waals surface area contributed by atoms with Crippen molar-refractivity contribution in [1.82, 2.24) is 5.32 Å². The Hall–Kier alpha value is -0.640. The van der Waals surface area contributed by atoms with Gasteiger partial charge < -0.3 is 10.4 Å². The van der Waals surface area contributed by atoms with Crippen molar-refractivity contribution in [3.63, 3.8) is 0 Å². The second kappa shape index (κ2) is 6.05. The summed E-state index contributed by atoms with van der Waals surface area (Å²) in [7, 11) is 0. The summed E-state index contributed by atoms with van der Waals surface area (Å²) in [6, 6.07) is 4.63. The lowest BCUT2D eigenvalue weighted by Gasteiger charge is -2.08. The molecule has 0 fully saturated rings. The van der Waals surface area contributed by atoms with Crippen LogP contribution in [-0.2, 0) is 6.54 Å². The Morgan fingerprint density at radius 3 is 2.87 bits per heavy atom. The van der Waals surface area contributed by atoms with Crippen molar-refractivity contribution in [2.24, 2.45) is 0 Å². The monoisotopic (exact) mass is 231 g/mol. The van der Waals surface area contributed by atoms with E-state index in [-0.39, 0.29) is 11.9 Å². The first kappa shape index (κ1) is 12.4. The number of halogens is 2. The van der Waals surface area contributed by atoms with Gasteiger partial charge in [-0.15, -0.1) is 0 Å². The lowest BCUT2D eigenvalue weighted by Crippen LogP contribution is -2.19. The fourth-order valence-corrected chi connectivity index (χ4v) is 1.46. The highest BCUT2D eigenvalue weighted by atomic mass is 35.5.